The van der Waals surface area contributed by atoms with E-state index in [2.05, 4.69) is 15.3 Å². The average Bonchev–Trinajstić information content (AvgIpc) is 2.57. The molecule has 0 aliphatic rings. The number of carbonyl (C=O) groups excluding carboxylic acids is 1. The summed E-state index contributed by atoms with van der Waals surface area (Å²) in [6, 6.07) is 17.6. The molecule has 0 saturated carbocycles. The van der Waals surface area contributed by atoms with Gasteiger partial charge in [-0.3, -0.25) is 9.78 Å². The van der Waals surface area contributed by atoms with Crippen LogP contribution in [-0.2, 0) is 0 Å². The Kier molecular flexibility index (Phi) is 3.92. The van der Waals surface area contributed by atoms with E-state index in [1.165, 1.54) is 6.20 Å². The van der Waals surface area contributed by atoms with Gasteiger partial charge in [0.2, 0.25) is 0 Å². The van der Waals surface area contributed by atoms with Gasteiger partial charge >= 0.3 is 0 Å². The van der Waals surface area contributed by atoms with Gasteiger partial charge in [-0.25, -0.2) is 4.98 Å². The number of hydrogen-bond acceptors (Lipinski definition) is 3. The first-order valence-electron chi connectivity index (χ1n) is 6.98. The SMILES string of the molecule is Cc1cnc(C(=O)Nc2ccccc2-c2ccccc2)cn1. The monoisotopic (exact) mass is 289 g/mol. The summed E-state index contributed by atoms with van der Waals surface area (Å²) in [7, 11) is 0. The second kappa shape index (κ2) is 6.18. The first-order valence-corrected chi connectivity index (χ1v) is 6.98. The van der Waals surface area contributed by atoms with Crippen molar-refractivity contribution in [3.63, 3.8) is 0 Å². The van der Waals surface area contributed by atoms with E-state index in [-0.39, 0.29) is 5.91 Å². The molecule has 1 N–H and O–H groups in total. The Morgan fingerprint density at radius 1 is 0.909 bits per heavy atom. The summed E-state index contributed by atoms with van der Waals surface area (Å²) >= 11 is 0. The highest BCUT2D eigenvalue weighted by molar-refractivity contribution is 6.04. The molecule has 3 aromatic rings. The molecule has 0 radical (unpaired) electrons. The topological polar surface area (TPSA) is 54.9 Å². The lowest BCUT2D eigenvalue weighted by molar-refractivity contribution is 0.102. The Morgan fingerprint density at radius 2 is 1.64 bits per heavy atom. The van der Waals surface area contributed by atoms with Crippen LogP contribution in [0, 0.1) is 6.92 Å². The van der Waals surface area contributed by atoms with Crippen LogP contribution in [0.3, 0.4) is 0 Å². The van der Waals surface area contributed by atoms with Crippen LogP contribution in [0.1, 0.15) is 16.2 Å². The minimum atomic E-state index is -0.268. The maximum Gasteiger partial charge on any atom is 0.275 e. The van der Waals surface area contributed by atoms with E-state index in [0.717, 1.165) is 22.5 Å². The van der Waals surface area contributed by atoms with E-state index in [0.29, 0.717) is 5.69 Å². The Labute approximate surface area is 128 Å². The van der Waals surface area contributed by atoms with Gasteiger partial charge < -0.3 is 5.32 Å². The van der Waals surface area contributed by atoms with Gasteiger partial charge in [-0.15, -0.1) is 0 Å². The first kappa shape index (κ1) is 13.9. The largest absolute Gasteiger partial charge is 0.320 e. The normalized spacial score (nSPS) is 10.2. The molecule has 4 heteroatoms. The molecule has 0 aliphatic carbocycles. The van der Waals surface area contributed by atoms with Crippen LogP contribution in [-0.4, -0.2) is 15.9 Å². The lowest BCUT2D eigenvalue weighted by Crippen LogP contribution is -2.14. The number of carbonyl (C=O) groups is 1. The number of amides is 1. The van der Waals surface area contributed by atoms with Crippen molar-refractivity contribution in [2.75, 3.05) is 5.32 Å². The van der Waals surface area contributed by atoms with Crippen LogP contribution in [0.15, 0.2) is 67.0 Å². The third-order valence-corrected chi connectivity index (χ3v) is 3.27. The Morgan fingerprint density at radius 3 is 2.36 bits per heavy atom. The number of nitrogens with zero attached hydrogens (tertiary/aromatic N) is 2. The summed E-state index contributed by atoms with van der Waals surface area (Å²) in [5.41, 5.74) is 3.85. The van der Waals surface area contributed by atoms with Gasteiger partial charge in [-0.1, -0.05) is 48.5 Å². The van der Waals surface area contributed by atoms with Crippen molar-refractivity contribution in [3.05, 3.63) is 78.4 Å². The van der Waals surface area contributed by atoms with Crippen molar-refractivity contribution in [2.45, 2.75) is 6.92 Å². The summed E-state index contributed by atoms with van der Waals surface area (Å²) in [6.45, 7) is 1.83. The van der Waals surface area contributed by atoms with Crippen molar-refractivity contribution in [1.29, 1.82) is 0 Å². The third-order valence-electron chi connectivity index (χ3n) is 3.27. The molecule has 1 heterocycles. The second-order valence-corrected chi connectivity index (χ2v) is 4.91. The Balaban J connectivity index is 1.90. The minimum absolute atomic E-state index is 0.268. The number of aryl methyl sites for hydroxylation is 1. The zero-order valence-corrected chi connectivity index (χ0v) is 12.2. The standard InChI is InChI=1S/C18H15N3O/c1-13-11-20-17(12-19-13)18(22)21-16-10-6-5-9-15(16)14-7-3-2-4-8-14/h2-12H,1H3,(H,21,22). The summed E-state index contributed by atoms with van der Waals surface area (Å²) in [5.74, 6) is -0.268. The summed E-state index contributed by atoms with van der Waals surface area (Å²) in [6.07, 6.45) is 3.06. The summed E-state index contributed by atoms with van der Waals surface area (Å²) < 4.78 is 0. The van der Waals surface area contributed by atoms with E-state index in [1.807, 2.05) is 61.5 Å². The molecule has 4 nitrogen and oxygen atoms in total. The van der Waals surface area contributed by atoms with E-state index in [1.54, 1.807) is 6.20 Å². The summed E-state index contributed by atoms with van der Waals surface area (Å²) in [5, 5.41) is 2.90. The zero-order valence-electron chi connectivity index (χ0n) is 12.2. The van der Waals surface area contributed by atoms with Crippen molar-refractivity contribution in [3.8, 4) is 11.1 Å². The van der Waals surface area contributed by atoms with Gasteiger partial charge in [0.05, 0.1) is 11.9 Å². The molecule has 3 rings (SSSR count). The third kappa shape index (κ3) is 3.01. The van der Waals surface area contributed by atoms with Crippen LogP contribution >= 0.6 is 0 Å². The van der Waals surface area contributed by atoms with E-state index < -0.39 is 0 Å². The predicted molar refractivity (Wildman–Crippen MR) is 86.6 cm³/mol. The maximum absolute atomic E-state index is 12.3. The molecular weight excluding hydrogens is 274 g/mol. The molecule has 0 fully saturated rings. The molecule has 22 heavy (non-hydrogen) atoms. The van der Waals surface area contributed by atoms with Crippen molar-refractivity contribution < 1.29 is 4.79 Å². The quantitative estimate of drug-likeness (QED) is 0.799. The Hall–Kier alpha value is -3.01. The van der Waals surface area contributed by atoms with E-state index in [9.17, 15) is 4.79 Å². The molecule has 0 aliphatic heterocycles. The van der Waals surface area contributed by atoms with Crippen molar-refractivity contribution >= 4 is 11.6 Å². The van der Waals surface area contributed by atoms with E-state index in [4.69, 9.17) is 0 Å². The molecule has 0 unspecified atom stereocenters. The number of rotatable bonds is 3. The second-order valence-electron chi connectivity index (χ2n) is 4.91. The number of para-hydroxylation sites is 1. The van der Waals surface area contributed by atoms with Crippen LogP contribution in [0.25, 0.3) is 11.1 Å². The first-order chi connectivity index (χ1) is 10.7. The summed E-state index contributed by atoms with van der Waals surface area (Å²) in [4.78, 5) is 20.5. The van der Waals surface area contributed by atoms with Crippen LogP contribution in [0.2, 0.25) is 0 Å². The molecule has 2 aromatic carbocycles. The number of anilines is 1. The van der Waals surface area contributed by atoms with Gasteiger partial charge in [-0.2, -0.15) is 0 Å². The molecule has 0 spiro atoms. The van der Waals surface area contributed by atoms with Gasteiger partial charge in [0, 0.05) is 17.4 Å². The highest BCUT2D eigenvalue weighted by Crippen LogP contribution is 2.27. The fraction of sp³-hybridized carbons (Fsp3) is 0.0556. The number of benzene rings is 2. The average molecular weight is 289 g/mol. The Bertz CT molecular complexity index is 783. The fourth-order valence-corrected chi connectivity index (χ4v) is 2.16. The fourth-order valence-electron chi connectivity index (χ4n) is 2.16. The van der Waals surface area contributed by atoms with Crippen LogP contribution in [0.4, 0.5) is 5.69 Å². The molecular formula is C18H15N3O. The highest BCUT2D eigenvalue weighted by Gasteiger charge is 2.11. The van der Waals surface area contributed by atoms with Gasteiger partial charge in [0.15, 0.2) is 0 Å². The predicted octanol–water partition coefficient (Wildman–Crippen LogP) is 3.70. The molecule has 0 bridgehead atoms. The number of aromatic nitrogens is 2. The van der Waals surface area contributed by atoms with Crippen LogP contribution in [0.5, 0.6) is 0 Å². The molecule has 108 valence electrons. The number of hydrogen-bond donors (Lipinski definition) is 1. The van der Waals surface area contributed by atoms with E-state index >= 15 is 0 Å². The van der Waals surface area contributed by atoms with Gasteiger partial charge in [0.25, 0.3) is 5.91 Å². The lowest BCUT2D eigenvalue weighted by atomic mass is 10.0. The molecule has 1 amide bonds. The van der Waals surface area contributed by atoms with Gasteiger partial charge in [0.1, 0.15) is 5.69 Å². The van der Waals surface area contributed by atoms with Gasteiger partial charge in [-0.05, 0) is 18.6 Å². The zero-order chi connectivity index (χ0) is 15.4. The minimum Gasteiger partial charge on any atom is -0.320 e. The lowest BCUT2D eigenvalue weighted by Gasteiger charge is -2.11. The number of nitrogens with one attached hydrogen (secondary N) is 1. The maximum atomic E-state index is 12.3. The van der Waals surface area contributed by atoms with Crippen molar-refractivity contribution in [1.82, 2.24) is 9.97 Å². The molecule has 1 aromatic heterocycles. The molecule has 0 saturated heterocycles. The highest BCUT2D eigenvalue weighted by atomic mass is 16.1. The van der Waals surface area contributed by atoms with Crippen LogP contribution < -0.4 is 5.32 Å². The smallest absolute Gasteiger partial charge is 0.275 e. The van der Waals surface area contributed by atoms with Crippen molar-refractivity contribution in [2.24, 2.45) is 0 Å². The molecule has 0 atom stereocenters.